The second-order valence-electron chi connectivity index (χ2n) is 7.46. The molecule has 0 aliphatic heterocycles. The van der Waals surface area contributed by atoms with Gasteiger partial charge in [0.15, 0.2) is 18.1 Å². The van der Waals surface area contributed by atoms with Crippen LogP contribution in [0.2, 0.25) is 0 Å². The zero-order valence-electron chi connectivity index (χ0n) is 18.8. The van der Waals surface area contributed by atoms with Gasteiger partial charge in [-0.05, 0) is 35.4 Å². The van der Waals surface area contributed by atoms with Crippen molar-refractivity contribution in [2.45, 2.75) is 6.54 Å². The first-order valence-electron chi connectivity index (χ1n) is 10.5. The van der Waals surface area contributed by atoms with E-state index in [0.717, 1.165) is 16.5 Å². The number of amides is 2. The van der Waals surface area contributed by atoms with Gasteiger partial charge in [0.05, 0.1) is 14.2 Å². The fourth-order valence-electron chi connectivity index (χ4n) is 3.61. The molecule has 0 saturated carbocycles. The minimum atomic E-state index is -0.587. The van der Waals surface area contributed by atoms with E-state index in [4.69, 9.17) is 24.4 Å². The Kier molecular flexibility index (Phi) is 6.68. The number of carbonyl (C=O) groups is 2. The van der Waals surface area contributed by atoms with Crippen molar-refractivity contribution in [1.82, 2.24) is 5.32 Å². The van der Waals surface area contributed by atoms with E-state index >= 15 is 0 Å². The van der Waals surface area contributed by atoms with Gasteiger partial charge in [-0.2, -0.15) is 0 Å². The summed E-state index contributed by atoms with van der Waals surface area (Å²) in [6, 6.07) is 20.2. The first-order valence-corrected chi connectivity index (χ1v) is 10.5. The summed E-state index contributed by atoms with van der Waals surface area (Å²) in [4.78, 5) is 24.2. The van der Waals surface area contributed by atoms with Crippen molar-refractivity contribution in [3.05, 3.63) is 78.1 Å². The highest BCUT2D eigenvalue weighted by Crippen LogP contribution is 2.36. The quantitative estimate of drug-likeness (QED) is 0.392. The van der Waals surface area contributed by atoms with Crippen molar-refractivity contribution in [3.63, 3.8) is 0 Å². The average Bonchev–Trinajstić information content (AvgIpc) is 3.25. The third-order valence-corrected chi connectivity index (χ3v) is 5.22. The number of primary amides is 1. The summed E-state index contributed by atoms with van der Waals surface area (Å²) in [5.41, 5.74) is 8.04. The highest BCUT2D eigenvalue weighted by Gasteiger charge is 2.22. The zero-order valence-corrected chi connectivity index (χ0v) is 18.8. The van der Waals surface area contributed by atoms with E-state index in [1.165, 1.54) is 7.11 Å². The predicted molar refractivity (Wildman–Crippen MR) is 127 cm³/mol. The molecule has 1 aromatic heterocycles. The monoisotopic (exact) mass is 460 g/mol. The molecule has 8 heteroatoms. The lowest BCUT2D eigenvalue weighted by Gasteiger charge is -2.12. The minimum absolute atomic E-state index is 0.211. The van der Waals surface area contributed by atoms with Crippen LogP contribution in [0.5, 0.6) is 17.2 Å². The molecule has 3 N–H and O–H groups in total. The largest absolute Gasteiger partial charge is 0.497 e. The van der Waals surface area contributed by atoms with E-state index < -0.39 is 5.91 Å². The van der Waals surface area contributed by atoms with Gasteiger partial charge in [-0.15, -0.1) is 0 Å². The number of fused-ring (bicyclic) bond motifs is 1. The number of rotatable bonds is 9. The molecule has 3 aromatic carbocycles. The Balaban J connectivity index is 1.60. The van der Waals surface area contributed by atoms with Gasteiger partial charge >= 0.3 is 0 Å². The van der Waals surface area contributed by atoms with E-state index in [1.54, 1.807) is 31.4 Å². The molecule has 0 radical (unpaired) electrons. The maximum Gasteiger partial charge on any atom is 0.287 e. The number of nitrogens with one attached hydrogen (secondary N) is 1. The lowest BCUT2D eigenvalue weighted by molar-refractivity contribution is -0.119. The number of furan rings is 1. The molecular weight excluding hydrogens is 436 g/mol. The highest BCUT2D eigenvalue weighted by molar-refractivity contribution is 6.08. The van der Waals surface area contributed by atoms with Crippen molar-refractivity contribution in [2.75, 3.05) is 20.8 Å². The molecule has 174 valence electrons. The van der Waals surface area contributed by atoms with Crippen LogP contribution in [0.1, 0.15) is 16.1 Å². The Bertz CT molecular complexity index is 1330. The summed E-state index contributed by atoms with van der Waals surface area (Å²) in [6.07, 6.45) is 0. The number of methoxy groups -OCH3 is 2. The first-order chi connectivity index (χ1) is 16.5. The summed E-state index contributed by atoms with van der Waals surface area (Å²) < 4.78 is 22.0. The maximum absolute atomic E-state index is 13.2. The van der Waals surface area contributed by atoms with Crippen LogP contribution in [-0.2, 0) is 11.3 Å². The van der Waals surface area contributed by atoms with Crippen LogP contribution in [0, 0.1) is 0 Å². The minimum Gasteiger partial charge on any atom is -0.497 e. The second-order valence-corrected chi connectivity index (χ2v) is 7.46. The SMILES string of the molecule is COc1ccc2c(-c3ccccc3)c(C(=O)NCc3ccc(OCC(N)=O)c(OC)c3)oc2c1. The topological polar surface area (TPSA) is 113 Å². The van der Waals surface area contributed by atoms with Crippen LogP contribution in [0.4, 0.5) is 0 Å². The molecule has 0 bridgehead atoms. The van der Waals surface area contributed by atoms with E-state index in [2.05, 4.69) is 5.32 Å². The number of benzene rings is 3. The fraction of sp³-hybridized carbons (Fsp3) is 0.154. The summed E-state index contributed by atoms with van der Waals surface area (Å²) >= 11 is 0. The third kappa shape index (κ3) is 4.80. The molecule has 0 unspecified atom stereocenters. The summed E-state index contributed by atoms with van der Waals surface area (Å²) in [7, 11) is 3.07. The van der Waals surface area contributed by atoms with Gasteiger partial charge in [-0.25, -0.2) is 0 Å². The molecule has 4 rings (SSSR count). The third-order valence-electron chi connectivity index (χ3n) is 5.22. The Labute approximate surface area is 196 Å². The maximum atomic E-state index is 13.2. The molecule has 0 atom stereocenters. The smallest absolute Gasteiger partial charge is 0.287 e. The van der Waals surface area contributed by atoms with Crippen molar-refractivity contribution in [1.29, 1.82) is 0 Å². The normalized spacial score (nSPS) is 10.6. The van der Waals surface area contributed by atoms with Crippen LogP contribution in [0.15, 0.2) is 71.1 Å². The number of hydrogen-bond donors (Lipinski definition) is 2. The standard InChI is InChI=1S/C26H24N2O6/c1-31-18-9-10-19-21(13-18)34-25(24(19)17-6-4-3-5-7-17)26(30)28-14-16-8-11-20(22(12-16)32-2)33-15-23(27)29/h3-13H,14-15H2,1-2H3,(H2,27,29)(H,28,30). The molecule has 34 heavy (non-hydrogen) atoms. The second kappa shape index (κ2) is 9.99. The molecule has 1 heterocycles. The van der Waals surface area contributed by atoms with Gasteiger partial charge in [0.2, 0.25) is 5.76 Å². The fourth-order valence-corrected chi connectivity index (χ4v) is 3.61. The molecule has 8 nitrogen and oxygen atoms in total. The Morgan fingerprint density at radius 1 is 0.941 bits per heavy atom. The van der Waals surface area contributed by atoms with Crippen LogP contribution < -0.4 is 25.3 Å². The van der Waals surface area contributed by atoms with E-state index in [9.17, 15) is 9.59 Å². The molecule has 4 aromatic rings. The number of nitrogens with two attached hydrogens (primary N) is 1. The zero-order chi connectivity index (χ0) is 24.1. The van der Waals surface area contributed by atoms with Crippen molar-refractivity contribution < 1.29 is 28.2 Å². The van der Waals surface area contributed by atoms with Crippen LogP contribution in [-0.4, -0.2) is 32.6 Å². The lowest BCUT2D eigenvalue weighted by atomic mass is 10.0. The van der Waals surface area contributed by atoms with Gasteiger partial charge in [-0.3, -0.25) is 9.59 Å². The average molecular weight is 460 g/mol. The van der Waals surface area contributed by atoms with Gasteiger partial charge in [0, 0.05) is 23.6 Å². The number of carbonyl (C=O) groups excluding carboxylic acids is 2. The van der Waals surface area contributed by atoms with E-state index in [0.29, 0.717) is 28.4 Å². The molecule has 0 spiro atoms. The Morgan fingerprint density at radius 3 is 2.44 bits per heavy atom. The molecule has 0 fully saturated rings. The van der Waals surface area contributed by atoms with Gasteiger partial charge in [0.1, 0.15) is 11.3 Å². The van der Waals surface area contributed by atoms with Crippen LogP contribution in [0.25, 0.3) is 22.1 Å². The van der Waals surface area contributed by atoms with Crippen molar-refractivity contribution >= 4 is 22.8 Å². The van der Waals surface area contributed by atoms with Crippen molar-refractivity contribution in [2.24, 2.45) is 5.73 Å². The molecule has 0 aliphatic carbocycles. The van der Waals surface area contributed by atoms with E-state index in [1.807, 2.05) is 42.5 Å². The highest BCUT2D eigenvalue weighted by atomic mass is 16.5. The molecule has 0 aliphatic rings. The first kappa shape index (κ1) is 22.7. The van der Waals surface area contributed by atoms with Gasteiger partial charge in [0.25, 0.3) is 11.8 Å². The molecule has 0 saturated heterocycles. The molecular formula is C26H24N2O6. The predicted octanol–water partition coefficient (Wildman–Crippen LogP) is 3.91. The number of hydrogen-bond acceptors (Lipinski definition) is 6. The summed E-state index contributed by atoms with van der Waals surface area (Å²) in [5, 5.41) is 3.72. The van der Waals surface area contributed by atoms with Gasteiger partial charge < -0.3 is 29.7 Å². The van der Waals surface area contributed by atoms with E-state index in [-0.39, 0.29) is 24.8 Å². The molecule has 2 amide bonds. The van der Waals surface area contributed by atoms with Crippen LogP contribution in [0.3, 0.4) is 0 Å². The van der Waals surface area contributed by atoms with Crippen LogP contribution >= 0.6 is 0 Å². The number of ether oxygens (including phenoxy) is 3. The summed E-state index contributed by atoms with van der Waals surface area (Å²) in [5.74, 6) is 0.710. The Morgan fingerprint density at radius 2 is 1.74 bits per heavy atom. The van der Waals surface area contributed by atoms with Gasteiger partial charge in [-0.1, -0.05) is 36.4 Å². The lowest BCUT2D eigenvalue weighted by Crippen LogP contribution is -2.23. The Hall–Kier alpha value is -4.46. The summed E-state index contributed by atoms with van der Waals surface area (Å²) in [6.45, 7) is -0.0363. The van der Waals surface area contributed by atoms with Crippen molar-refractivity contribution in [3.8, 4) is 28.4 Å².